The standard InChI is InChI=1S/C18H28O4S/c1-14-9-7-10-15(13-14)23(20,21)18(5,6)12-8-11-16(19)22-17(2,3)4/h7,9-10,13H,8,11-12H2,1-6H3. The molecule has 0 unspecified atom stereocenters. The van der Waals surface area contributed by atoms with E-state index in [4.69, 9.17) is 4.74 Å². The number of benzene rings is 1. The molecule has 0 atom stereocenters. The van der Waals surface area contributed by atoms with Crippen molar-refractivity contribution in [2.24, 2.45) is 0 Å². The van der Waals surface area contributed by atoms with Crippen molar-refractivity contribution >= 4 is 15.8 Å². The molecule has 1 aromatic rings. The van der Waals surface area contributed by atoms with Crippen molar-refractivity contribution in [1.29, 1.82) is 0 Å². The van der Waals surface area contributed by atoms with Gasteiger partial charge in [-0.2, -0.15) is 0 Å². The molecule has 23 heavy (non-hydrogen) atoms. The van der Waals surface area contributed by atoms with E-state index >= 15 is 0 Å². The third-order valence-electron chi connectivity index (χ3n) is 3.61. The molecule has 0 fully saturated rings. The fourth-order valence-electron chi connectivity index (χ4n) is 2.29. The van der Waals surface area contributed by atoms with Gasteiger partial charge in [0.05, 0.1) is 9.64 Å². The molecule has 0 aromatic heterocycles. The molecule has 0 spiro atoms. The smallest absolute Gasteiger partial charge is 0.306 e. The number of hydrogen-bond acceptors (Lipinski definition) is 4. The quantitative estimate of drug-likeness (QED) is 0.733. The summed E-state index contributed by atoms with van der Waals surface area (Å²) in [4.78, 5) is 12.1. The highest BCUT2D eigenvalue weighted by Crippen LogP contribution is 2.30. The molecular weight excluding hydrogens is 312 g/mol. The van der Waals surface area contributed by atoms with Crippen LogP contribution in [0.4, 0.5) is 0 Å². The van der Waals surface area contributed by atoms with Gasteiger partial charge in [0.2, 0.25) is 0 Å². The molecule has 0 aliphatic carbocycles. The third kappa shape index (κ3) is 5.65. The SMILES string of the molecule is Cc1cccc(S(=O)(=O)C(C)(C)CCCC(=O)OC(C)(C)C)c1. The van der Waals surface area contributed by atoms with Gasteiger partial charge < -0.3 is 4.74 Å². The maximum absolute atomic E-state index is 12.8. The maximum Gasteiger partial charge on any atom is 0.306 e. The van der Waals surface area contributed by atoms with Crippen molar-refractivity contribution in [2.75, 3.05) is 0 Å². The summed E-state index contributed by atoms with van der Waals surface area (Å²) >= 11 is 0. The van der Waals surface area contributed by atoms with Gasteiger partial charge in [0.25, 0.3) is 0 Å². The van der Waals surface area contributed by atoms with Crippen LogP contribution in [-0.2, 0) is 19.4 Å². The first-order valence-electron chi connectivity index (χ1n) is 7.88. The summed E-state index contributed by atoms with van der Waals surface area (Å²) < 4.78 is 29.9. The largest absolute Gasteiger partial charge is 0.460 e. The Kier molecular flexibility index (Phi) is 6.02. The zero-order valence-corrected chi connectivity index (χ0v) is 15.8. The number of hydrogen-bond donors (Lipinski definition) is 0. The molecule has 0 amide bonds. The van der Waals surface area contributed by atoms with Gasteiger partial charge in [0.15, 0.2) is 9.84 Å². The highest BCUT2D eigenvalue weighted by Gasteiger charge is 2.35. The Morgan fingerprint density at radius 1 is 1.13 bits per heavy atom. The predicted octanol–water partition coefficient (Wildman–Crippen LogP) is 4.06. The Balaban J connectivity index is 2.73. The maximum atomic E-state index is 12.8. The fraction of sp³-hybridized carbons (Fsp3) is 0.611. The molecule has 0 bridgehead atoms. The second-order valence-corrected chi connectivity index (χ2v) is 10.1. The molecule has 0 aliphatic heterocycles. The first-order chi connectivity index (χ1) is 10.3. The van der Waals surface area contributed by atoms with E-state index in [1.165, 1.54) is 0 Å². The van der Waals surface area contributed by atoms with Crippen molar-refractivity contribution in [3.8, 4) is 0 Å². The minimum absolute atomic E-state index is 0.226. The summed E-state index contributed by atoms with van der Waals surface area (Å²) in [5, 5.41) is 0. The predicted molar refractivity (Wildman–Crippen MR) is 92.1 cm³/mol. The average Bonchev–Trinajstić information content (AvgIpc) is 2.36. The Morgan fingerprint density at radius 2 is 1.74 bits per heavy atom. The van der Waals surface area contributed by atoms with Gasteiger partial charge in [-0.1, -0.05) is 12.1 Å². The van der Waals surface area contributed by atoms with Gasteiger partial charge in [0, 0.05) is 6.42 Å². The van der Waals surface area contributed by atoms with E-state index in [1.807, 2.05) is 33.8 Å². The Labute approximate surface area is 140 Å². The first kappa shape index (κ1) is 19.7. The van der Waals surface area contributed by atoms with Gasteiger partial charge in [0.1, 0.15) is 5.60 Å². The second kappa shape index (κ2) is 7.04. The summed E-state index contributed by atoms with van der Waals surface area (Å²) in [6, 6.07) is 6.93. The van der Waals surface area contributed by atoms with Crippen molar-refractivity contribution < 1.29 is 17.9 Å². The van der Waals surface area contributed by atoms with Gasteiger partial charge in [-0.25, -0.2) is 8.42 Å². The van der Waals surface area contributed by atoms with E-state index in [0.717, 1.165) is 5.56 Å². The summed E-state index contributed by atoms with van der Waals surface area (Å²) in [6.07, 6.45) is 1.11. The number of esters is 1. The Hall–Kier alpha value is -1.36. The highest BCUT2D eigenvalue weighted by atomic mass is 32.2. The topological polar surface area (TPSA) is 60.4 Å². The third-order valence-corrected chi connectivity index (χ3v) is 6.14. The summed E-state index contributed by atoms with van der Waals surface area (Å²) in [5.74, 6) is -0.291. The Bertz CT molecular complexity index is 652. The van der Waals surface area contributed by atoms with Crippen LogP contribution in [-0.4, -0.2) is 24.7 Å². The van der Waals surface area contributed by atoms with Crippen LogP contribution >= 0.6 is 0 Å². The molecule has 0 saturated carbocycles. The zero-order valence-electron chi connectivity index (χ0n) is 15.0. The number of carbonyl (C=O) groups is 1. The molecule has 130 valence electrons. The molecular formula is C18H28O4S. The van der Waals surface area contributed by atoms with Crippen LogP contribution in [0.1, 0.15) is 59.4 Å². The average molecular weight is 340 g/mol. The van der Waals surface area contributed by atoms with E-state index in [1.54, 1.807) is 32.0 Å². The fourth-order valence-corrected chi connectivity index (χ4v) is 3.94. The monoisotopic (exact) mass is 340 g/mol. The molecule has 0 heterocycles. The number of rotatable bonds is 6. The Morgan fingerprint density at radius 3 is 2.26 bits per heavy atom. The molecule has 5 heteroatoms. The molecule has 0 aliphatic rings. The number of carbonyl (C=O) groups excluding carboxylic acids is 1. The molecule has 0 saturated heterocycles. The minimum Gasteiger partial charge on any atom is -0.460 e. The van der Waals surface area contributed by atoms with Gasteiger partial charge in [-0.05, 0) is 72.1 Å². The summed E-state index contributed by atoms with van der Waals surface area (Å²) in [6.45, 7) is 10.7. The van der Waals surface area contributed by atoms with E-state index in [9.17, 15) is 13.2 Å². The van der Waals surface area contributed by atoms with Crippen LogP contribution in [0.2, 0.25) is 0 Å². The molecule has 1 rings (SSSR count). The summed E-state index contributed by atoms with van der Waals surface area (Å²) in [5.41, 5.74) is 0.399. The van der Waals surface area contributed by atoms with Crippen LogP contribution in [0.3, 0.4) is 0 Å². The molecule has 1 aromatic carbocycles. The second-order valence-electron chi connectivity index (χ2n) is 7.52. The van der Waals surface area contributed by atoms with Crippen molar-refractivity contribution in [3.63, 3.8) is 0 Å². The highest BCUT2D eigenvalue weighted by molar-refractivity contribution is 7.92. The van der Waals surface area contributed by atoms with Crippen LogP contribution in [0.25, 0.3) is 0 Å². The van der Waals surface area contributed by atoms with E-state index in [-0.39, 0.29) is 12.4 Å². The number of sulfone groups is 1. The number of aryl methyl sites for hydroxylation is 1. The molecule has 0 N–H and O–H groups in total. The summed E-state index contributed by atoms with van der Waals surface area (Å²) in [7, 11) is -3.45. The van der Waals surface area contributed by atoms with Crippen LogP contribution < -0.4 is 0 Å². The van der Waals surface area contributed by atoms with E-state index in [0.29, 0.717) is 17.7 Å². The van der Waals surface area contributed by atoms with Crippen LogP contribution in [0.5, 0.6) is 0 Å². The zero-order chi connectivity index (χ0) is 17.9. The lowest BCUT2D eigenvalue weighted by Gasteiger charge is -2.25. The van der Waals surface area contributed by atoms with E-state index in [2.05, 4.69) is 0 Å². The molecule has 4 nitrogen and oxygen atoms in total. The lowest BCUT2D eigenvalue weighted by molar-refractivity contribution is -0.154. The van der Waals surface area contributed by atoms with Crippen LogP contribution in [0, 0.1) is 6.92 Å². The van der Waals surface area contributed by atoms with Crippen molar-refractivity contribution in [3.05, 3.63) is 29.8 Å². The molecule has 0 radical (unpaired) electrons. The lowest BCUT2D eigenvalue weighted by Crippen LogP contribution is -2.32. The van der Waals surface area contributed by atoms with Gasteiger partial charge >= 0.3 is 5.97 Å². The minimum atomic E-state index is -3.45. The first-order valence-corrected chi connectivity index (χ1v) is 9.37. The lowest BCUT2D eigenvalue weighted by atomic mass is 10.1. The van der Waals surface area contributed by atoms with Crippen molar-refractivity contribution in [1.82, 2.24) is 0 Å². The van der Waals surface area contributed by atoms with Gasteiger partial charge in [-0.3, -0.25) is 4.79 Å². The number of ether oxygens (including phenoxy) is 1. The van der Waals surface area contributed by atoms with Crippen LogP contribution in [0.15, 0.2) is 29.2 Å². The van der Waals surface area contributed by atoms with E-state index < -0.39 is 20.2 Å². The van der Waals surface area contributed by atoms with Crippen molar-refractivity contribution in [2.45, 2.75) is 76.0 Å². The normalized spacial score (nSPS) is 13.0. The van der Waals surface area contributed by atoms with Gasteiger partial charge in [-0.15, -0.1) is 0 Å².